The molecule has 1 N–H and O–H groups in total. The van der Waals surface area contributed by atoms with Gasteiger partial charge in [0.05, 0.1) is 11.3 Å². The number of amides is 1. The van der Waals surface area contributed by atoms with E-state index in [0.717, 1.165) is 5.75 Å². The predicted molar refractivity (Wildman–Crippen MR) is 87.2 cm³/mol. The number of halogens is 1. The van der Waals surface area contributed by atoms with Gasteiger partial charge in [0.25, 0.3) is 5.91 Å². The Balaban J connectivity index is 1.83. The number of benzene rings is 1. The zero-order chi connectivity index (χ0) is 15.4. The Morgan fingerprint density at radius 1 is 1.33 bits per heavy atom. The molecule has 0 fully saturated rings. The lowest BCUT2D eigenvalue weighted by atomic mass is 10.2. The minimum absolute atomic E-state index is 0.171. The van der Waals surface area contributed by atoms with E-state index < -0.39 is 0 Å². The average Bonchev–Trinajstić information content (AvgIpc) is 2.70. The first-order chi connectivity index (χ1) is 9.99. The van der Waals surface area contributed by atoms with Crippen LogP contribution in [0.25, 0.3) is 0 Å². The van der Waals surface area contributed by atoms with E-state index in [1.807, 2.05) is 0 Å². The molecule has 1 aromatic carbocycles. The van der Waals surface area contributed by atoms with Crippen LogP contribution in [-0.4, -0.2) is 28.0 Å². The smallest absolute Gasteiger partial charge is 0.256 e. The second kappa shape index (κ2) is 7.00. The van der Waals surface area contributed by atoms with Gasteiger partial charge < -0.3 is 5.32 Å². The fourth-order valence-electron chi connectivity index (χ4n) is 1.94. The molecule has 0 aliphatic rings. The van der Waals surface area contributed by atoms with Gasteiger partial charge in [0, 0.05) is 24.2 Å². The summed E-state index contributed by atoms with van der Waals surface area (Å²) >= 11 is 7.78. The molecule has 0 spiro atoms. The first-order valence-electron chi connectivity index (χ1n) is 6.66. The first kappa shape index (κ1) is 15.9. The Bertz CT molecular complexity index is 637. The molecule has 4 nitrogen and oxygen atoms in total. The maximum atomic E-state index is 12.1. The maximum Gasteiger partial charge on any atom is 0.256 e. The number of thioether (sulfide) groups is 1. The van der Waals surface area contributed by atoms with Crippen LogP contribution in [0.5, 0.6) is 0 Å². The summed E-state index contributed by atoms with van der Waals surface area (Å²) in [7, 11) is 1.72. The highest BCUT2D eigenvalue weighted by Gasteiger charge is 2.18. The van der Waals surface area contributed by atoms with Crippen molar-refractivity contribution in [2.24, 2.45) is 7.05 Å². The molecule has 6 heteroatoms. The van der Waals surface area contributed by atoms with Gasteiger partial charge in [-0.2, -0.15) is 5.10 Å². The highest BCUT2D eigenvalue weighted by atomic mass is 35.5. The lowest BCUT2D eigenvalue weighted by Gasteiger charge is -2.05. The van der Waals surface area contributed by atoms with Crippen molar-refractivity contribution in [3.05, 3.63) is 46.2 Å². The van der Waals surface area contributed by atoms with E-state index in [9.17, 15) is 4.79 Å². The molecule has 0 atom stereocenters. The SMILES string of the molecule is Cc1ccc(SCCNC(=O)c2c(C)nn(C)c2Cl)cc1. The molecule has 0 radical (unpaired) electrons. The van der Waals surface area contributed by atoms with Gasteiger partial charge in [-0.05, 0) is 26.0 Å². The van der Waals surface area contributed by atoms with Crippen LogP contribution in [0.3, 0.4) is 0 Å². The second-order valence-corrected chi connectivity index (χ2v) is 6.32. The Hall–Kier alpha value is -1.46. The molecule has 0 saturated heterocycles. The van der Waals surface area contributed by atoms with E-state index in [2.05, 4.69) is 41.6 Å². The molecule has 21 heavy (non-hydrogen) atoms. The standard InChI is InChI=1S/C15H18ClN3OS/c1-10-4-6-12(7-5-10)21-9-8-17-15(20)13-11(2)18-19(3)14(13)16/h4-7H,8-9H2,1-3H3,(H,17,20). The van der Waals surface area contributed by atoms with Gasteiger partial charge in [-0.15, -0.1) is 11.8 Å². The molecule has 112 valence electrons. The normalized spacial score (nSPS) is 10.7. The minimum Gasteiger partial charge on any atom is -0.351 e. The van der Waals surface area contributed by atoms with E-state index in [0.29, 0.717) is 23.0 Å². The summed E-state index contributed by atoms with van der Waals surface area (Å²) in [6, 6.07) is 8.34. The number of aromatic nitrogens is 2. The van der Waals surface area contributed by atoms with Crippen molar-refractivity contribution in [2.75, 3.05) is 12.3 Å². The fourth-order valence-corrected chi connectivity index (χ4v) is 2.97. The highest BCUT2D eigenvalue weighted by Crippen LogP contribution is 2.19. The first-order valence-corrected chi connectivity index (χ1v) is 8.02. The Labute approximate surface area is 133 Å². The van der Waals surface area contributed by atoms with Gasteiger partial charge in [-0.1, -0.05) is 29.3 Å². The number of aryl methyl sites for hydroxylation is 3. The third-order valence-corrected chi connectivity index (χ3v) is 4.50. The number of hydrogen-bond donors (Lipinski definition) is 1. The van der Waals surface area contributed by atoms with Crippen molar-refractivity contribution in [1.82, 2.24) is 15.1 Å². The molecule has 0 bridgehead atoms. The predicted octanol–water partition coefficient (Wildman–Crippen LogP) is 3.21. The van der Waals surface area contributed by atoms with Crippen molar-refractivity contribution in [3.8, 4) is 0 Å². The molecule has 0 unspecified atom stereocenters. The van der Waals surface area contributed by atoms with E-state index in [1.54, 1.807) is 25.7 Å². The Kier molecular flexibility index (Phi) is 5.31. The third kappa shape index (κ3) is 4.02. The third-order valence-electron chi connectivity index (χ3n) is 3.06. The minimum atomic E-state index is -0.171. The molecule has 0 saturated carbocycles. The van der Waals surface area contributed by atoms with Crippen LogP contribution in [0.15, 0.2) is 29.2 Å². The van der Waals surface area contributed by atoms with Crippen LogP contribution in [0.4, 0.5) is 0 Å². The van der Waals surface area contributed by atoms with Crippen LogP contribution in [-0.2, 0) is 7.05 Å². The summed E-state index contributed by atoms with van der Waals surface area (Å²) in [4.78, 5) is 13.3. The summed E-state index contributed by atoms with van der Waals surface area (Å²) in [5, 5.41) is 7.38. The number of rotatable bonds is 5. The Morgan fingerprint density at radius 3 is 2.57 bits per heavy atom. The molecule has 1 amide bonds. The summed E-state index contributed by atoms with van der Waals surface area (Å²) in [6.07, 6.45) is 0. The summed E-state index contributed by atoms with van der Waals surface area (Å²) < 4.78 is 1.51. The molecular weight excluding hydrogens is 306 g/mol. The molecule has 0 aliphatic heterocycles. The van der Waals surface area contributed by atoms with Crippen LogP contribution < -0.4 is 5.32 Å². The van der Waals surface area contributed by atoms with Crippen LogP contribution >= 0.6 is 23.4 Å². The van der Waals surface area contributed by atoms with Crippen molar-refractivity contribution >= 4 is 29.3 Å². The van der Waals surface area contributed by atoms with Gasteiger partial charge in [-0.3, -0.25) is 9.48 Å². The lowest BCUT2D eigenvalue weighted by molar-refractivity contribution is 0.0955. The zero-order valence-corrected chi connectivity index (χ0v) is 13.9. The average molecular weight is 324 g/mol. The van der Waals surface area contributed by atoms with E-state index in [4.69, 9.17) is 11.6 Å². The quantitative estimate of drug-likeness (QED) is 0.679. The number of nitrogens with one attached hydrogen (secondary N) is 1. The van der Waals surface area contributed by atoms with Crippen molar-refractivity contribution < 1.29 is 4.79 Å². The maximum absolute atomic E-state index is 12.1. The second-order valence-electron chi connectivity index (χ2n) is 4.79. The van der Waals surface area contributed by atoms with Crippen LogP contribution in [0, 0.1) is 13.8 Å². The van der Waals surface area contributed by atoms with Gasteiger partial charge >= 0.3 is 0 Å². The van der Waals surface area contributed by atoms with Crippen molar-refractivity contribution in [2.45, 2.75) is 18.7 Å². The molecule has 2 aromatic rings. The van der Waals surface area contributed by atoms with Gasteiger partial charge in [0.15, 0.2) is 0 Å². The van der Waals surface area contributed by atoms with Crippen LogP contribution in [0.2, 0.25) is 5.15 Å². The number of carbonyl (C=O) groups excluding carboxylic acids is 1. The fraction of sp³-hybridized carbons (Fsp3) is 0.333. The zero-order valence-electron chi connectivity index (χ0n) is 12.3. The molecular formula is C15H18ClN3OS. The topological polar surface area (TPSA) is 46.9 Å². The van der Waals surface area contributed by atoms with E-state index >= 15 is 0 Å². The lowest BCUT2D eigenvalue weighted by Crippen LogP contribution is -2.26. The summed E-state index contributed by atoms with van der Waals surface area (Å²) in [5.74, 6) is 0.640. The monoisotopic (exact) mass is 323 g/mol. The number of hydrogen-bond acceptors (Lipinski definition) is 3. The number of nitrogens with zero attached hydrogens (tertiary/aromatic N) is 2. The van der Waals surface area contributed by atoms with Gasteiger partial charge in [0.1, 0.15) is 5.15 Å². The summed E-state index contributed by atoms with van der Waals surface area (Å²) in [5.41, 5.74) is 2.35. The molecule has 1 heterocycles. The summed E-state index contributed by atoms with van der Waals surface area (Å²) in [6.45, 7) is 4.43. The van der Waals surface area contributed by atoms with Gasteiger partial charge in [0.2, 0.25) is 0 Å². The molecule has 1 aromatic heterocycles. The van der Waals surface area contributed by atoms with Crippen LogP contribution in [0.1, 0.15) is 21.6 Å². The van der Waals surface area contributed by atoms with Gasteiger partial charge in [-0.25, -0.2) is 0 Å². The molecule has 2 rings (SSSR count). The van der Waals surface area contributed by atoms with Crippen molar-refractivity contribution in [1.29, 1.82) is 0 Å². The number of carbonyl (C=O) groups is 1. The van der Waals surface area contributed by atoms with E-state index in [-0.39, 0.29) is 5.91 Å². The van der Waals surface area contributed by atoms with E-state index in [1.165, 1.54) is 15.1 Å². The van der Waals surface area contributed by atoms with Crippen molar-refractivity contribution in [3.63, 3.8) is 0 Å². The molecule has 0 aliphatic carbocycles. The Morgan fingerprint density at radius 2 is 2.00 bits per heavy atom. The highest BCUT2D eigenvalue weighted by molar-refractivity contribution is 7.99. The largest absolute Gasteiger partial charge is 0.351 e.